The van der Waals surface area contributed by atoms with Crippen molar-refractivity contribution in [2.24, 2.45) is 5.92 Å². The van der Waals surface area contributed by atoms with Crippen LogP contribution >= 0.6 is 23.2 Å². The number of hydrogen-bond acceptors (Lipinski definition) is 2. The molecule has 1 amide bonds. The van der Waals surface area contributed by atoms with Crippen molar-refractivity contribution in [3.05, 3.63) is 63.1 Å². The first-order chi connectivity index (χ1) is 12.6. The van der Waals surface area contributed by atoms with Gasteiger partial charge in [-0.3, -0.25) is 4.79 Å². The average Bonchev–Trinajstić information content (AvgIpc) is 2.99. The van der Waals surface area contributed by atoms with E-state index in [0.717, 1.165) is 48.9 Å². The van der Waals surface area contributed by atoms with Crippen LogP contribution in [0.25, 0.3) is 0 Å². The third kappa shape index (κ3) is 3.08. The van der Waals surface area contributed by atoms with Crippen LogP contribution in [0, 0.1) is 5.92 Å². The minimum Gasteiger partial charge on any atom is -0.508 e. The van der Waals surface area contributed by atoms with Gasteiger partial charge >= 0.3 is 0 Å². The molecule has 1 aliphatic carbocycles. The van der Waals surface area contributed by atoms with E-state index >= 15 is 0 Å². The summed E-state index contributed by atoms with van der Waals surface area (Å²) in [5.74, 6) is 0.426. The molecule has 0 bridgehead atoms. The van der Waals surface area contributed by atoms with Gasteiger partial charge in [0.2, 0.25) is 5.91 Å². The summed E-state index contributed by atoms with van der Waals surface area (Å²) in [7, 11) is 0. The van der Waals surface area contributed by atoms with Gasteiger partial charge < -0.3 is 10.0 Å². The summed E-state index contributed by atoms with van der Waals surface area (Å²) in [6.45, 7) is 0.741. The Bertz CT molecular complexity index is 832. The van der Waals surface area contributed by atoms with Crippen LogP contribution in [0.2, 0.25) is 10.0 Å². The number of carbonyl (C=O) groups is 1. The zero-order chi connectivity index (χ0) is 18.3. The van der Waals surface area contributed by atoms with Crippen molar-refractivity contribution in [1.82, 2.24) is 4.90 Å². The van der Waals surface area contributed by atoms with E-state index in [1.165, 1.54) is 0 Å². The number of nitrogens with zero attached hydrogens (tertiary/aromatic N) is 1. The molecule has 1 saturated heterocycles. The van der Waals surface area contributed by atoms with Crippen molar-refractivity contribution in [3.8, 4) is 5.75 Å². The molecule has 2 atom stereocenters. The molecule has 5 heteroatoms. The second kappa shape index (κ2) is 7.13. The summed E-state index contributed by atoms with van der Waals surface area (Å²) in [5.41, 5.74) is 2.95. The zero-order valence-electron chi connectivity index (χ0n) is 14.4. The van der Waals surface area contributed by atoms with Gasteiger partial charge in [-0.2, -0.15) is 0 Å². The molecular formula is C21H21Cl2NO2. The van der Waals surface area contributed by atoms with E-state index in [-0.39, 0.29) is 17.9 Å². The first-order valence-electron chi connectivity index (χ1n) is 9.10. The van der Waals surface area contributed by atoms with Gasteiger partial charge in [-0.25, -0.2) is 0 Å². The van der Waals surface area contributed by atoms with E-state index in [1.54, 1.807) is 6.07 Å². The number of aromatic hydroxyl groups is 1. The van der Waals surface area contributed by atoms with E-state index in [2.05, 4.69) is 0 Å². The van der Waals surface area contributed by atoms with Gasteiger partial charge in [-0.15, -0.1) is 0 Å². The molecular weight excluding hydrogens is 369 g/mol. The Morgan fingerprint density at radius 3 is 2.58 bits per heavy atom. The minimum atomic E-state index is -0.0879. The van der Waals surface area contributed by atoms with Crippen molar-refractivity contribution in [2.45, 2.75) is 38.1 Å². The second-order valence-electron chi connectivity index (χ2n) is 7.17. The molecule has 2 aliphatic rings. The summed E-state index contributed by atoms with van der Waals surface area (Å²) in [4.78, 5) is 15.1. The Morgan fingerprint density at radius 2 is 1.81 bits per heavy atom. The lowest BCUT2D eigenvalue weighted by atomic mass is 9.86. The first-order valence-corrected chi connectivity index (χ1v) is 9.86. The first kappa shape index (κ1) is 17.7. The van der Waals surface area contributed by atoms with E-state index in [0.29, 0.717) is 22.2 Å². The number of phenolic OH excluding ortho intramolecular Hbond substituents is 1. The van der Waals surface area contributed by atoms with E-state index < -0.39 is 0 Å². The maximum atomic E-state index is 13.1. The lowest BCUT2D eigenvalue weighted by molar-refractivity contribution is -0.133. The third-order valence-corrected chi connectivity index (χ3v) is 6.40. The Morgan fingerprint density at radius 1 is 1.08 bits per heavy atom. The lowest BCUT2D eigenvalue weighted by Crippen LogP contribution is -2.34. The fourth-order valence-electron chi connectivity index (χ4n) is 4.36. The smallest absolute Gasteiger partial charge is 0.226 e. The number of benzene rings is 2. The Hall–Kier alpha value is -1.71. The number of likely N-dealkylation sites (tertiary alicyclic amines) is 1. The highest BCUT2D eigenvalue weighted by atomic mass is 35.5. The largest absolute Gasteiger partial charge is 0.508 e. The molecule has 0 saturated carbocycles. The number of hydrogen-bond donors (Lipinski definition) is 1. The topological polar surface area (TPSA) is 40.5 Å². The molecule has 3 nitrogen and oxygen atoms in total. The van der Waals surface area contributed by atoms with Crippen molar-refractivity contribution < 1.29 is 9.90 Å². The summed E-state index contributed by atoms with van der Waals surface area (Å²) in [6, 6.07) is 11.2. The number of carbonyl (C=O) groups excluding carboxylic acids is 1. The van der Waals surface area contributed by atoms with E-state index in [9.17, 15) is 9.90 Å². The molecule has 2 aromatic rings. The molecule has 2 aromatic carbocycles. The van der Waals surface area contributed by atoms with Gasteiger partial charge in [0.15, 0.2) is 0 Å². The molecule has 26 heavy (non-hydrogen) atoms. The predicted octanol–water partition coefficient (Wildman–Crippen LogP) is 5.17. The van der Waals surface area contributed by atoms with Crippen molar-refractivity contribution in [2.75, 3.05) is 6.54 Å². The normalized spacial score (nSPS) is 22.5. The van der Waals surface area contributed by atoms with Crippen LogP contribution in [0.5, 0.6) is 5.75 Å². The molecule has 1 aliphatic heterocycles. The van der Waals surface area contributed by atoms with Crippen LogP contribution in [0.15, 0.2) is 36.4 Å². The molecule has 0 aromatic heterocycles. The summed E-state index contributed by atoms with van der Waals surface area (Å²) in [5, 5.41) is 11.4. The van der Waals surface area contributed by atoms with Crippen LogP contribution in [0.4, 0.5) is 0 Å². The number of amides is 1. The highest BCUT2D eigenvalue weighted by Gasteiger charge is 2.38. The Balaban J connectivity index is 1.57. The maximum absolute atomic E-state index is 13.1. The molecule has 136 valence electrons. The van der Waals surface area contributed by atoms with E-state index in [1.807, 2.05) is 35.2 Å². The molecule has 1 N–H and O–H groups in total. The average molecular weight is 390 g/mol. The number of halogens is 2. The molecule has 4 rings (SSSR count). The van der Waals surface area contributed by atoms with Crippen LogP contribution in [-0.2, 0) is 17.6 Å². The SMILES string of the molecule is O=C1C(Cc2c(Cl)cccc2Cl)CCN1[C@@H]1CCCc2c(O)cccc21. The lowest BCUT2D eigenvalue weighted by Gasteiger charge is -2.33. The minimum absolute atomic E-state index is 0.0602. The number of fused-ring (bicyclic) bond motifs is 1. The van der Waals surface area contributed by atoms with Crippen LogP contribution in [0.3, 0.4) is 0 Å². The van der Waals surface area contributed by atoms with Gasteiger partial charge in [-0.1, -0.05) is 41.4 Å². The van der Waals surface area contributed by atoms with E-state index in [4.69, 9.17) is 23.2 Å². The maximum Gasteiger partial charge on any atom is 0.226 e. The standard InChI is InChI=1S/C21H21Cl2NO2/c22-17-6-3-7-18(23)16(17)12-13-10-11-24(21(13)26)19-8-1-5-15-14(19)4-2-9-20(15)25/h2-4,6-7,9,13,19,25H,1,5,8,10-12H2/t13?,19-/m1/s1. The van der Waals surface area contributed by atoms with Crippen molar-refractivity contribution in [1.29, 1.82) is 0 Å². The highest BCUT2D eigenvalue weighted by Crippen LogP contribution is 2.41. The predicted molar refractivity (Wildman–Crippen MR) is 104 cm³/mol. The van der Waals surface area contributed by atoms with Crippen LogP contribution < -0.4 is 0 Å². The number of phenols is 1. The number of rotatable bonds is 3. The van der Waals surface area contributed by atoms with Gasteiger partial charge in [0.1, 0.15) is 5.75 Å². The molecule has 0 spiro atoms. The fraction of sp³-hybridized carbons (Fsp3) is 0.381. The Kier molecular flexibility index (Phi) is 4.85. The molecule has 0 radical (unpaired) electrons. The van der Waals surface area contributed by atoms with Crippen molar-refractivity contribution >= 4 is 29.1 Å². The third-order valence-electron chi connectivity index (χ3n) is 5.69. The van der Waals surface area contributed by atoms with Gasteiger partial charge in [0, 0.05) is 22.5 Å². The van der Waals surface area contributed by atoms with Crippen LogP contribution in [0.1, 0.15) is 42.0 Å². The van der Waals surface area contributed by atoms with Gasteiger partial charge in [0.25, 0.3) is 0 Å². The molecule has 1 heterocycles. The monoisotopic (exact) mass is 389 g/mol. The summed E-state index contributed by atoms with van der Waals surface area (Å²) in [6.07, 6.45) is 4.19. The summed E-state index contributed by atoms with van der Waals surface area (Å²) < 4.78 is 0. The zero-order valence-corrected chi connectivity index (χ0v) is 15.9. The van der Waals surface area contributed by atoms with Gasteiger partial charge in [-0.05, 0) is 67.0 Å². The van der Waals surface area contributed by atoms with Crippen LogP contribution in [-0.4, -0.2) is 22.5 Å². The Labute approximate surface area is 163 Å². The summed E-state index contributed by atoms with van der Waals surface area (Å²) >= 11 is 12.6. The molecule has 1 fully saturated rings. The second-order valence-corrected chi connectivity index (χ2v) is 7.99. The van der Waals surface area contributed by atoms with Crippen molar-refractivity contribution in [3.63, 3.8) is 0 Å². The molecule has 1 unspecified atom stereocenters. The van der Waals surface area contributed by atoms with Gasteiger partial charge in [0.05, 0.1) is 6.04 Å². The highest BCUT2D eigenvalue weighted by molar-refractivity contribution is 6.36. The quantitative estimate of drug-likeness (QED) is 0.786. The fourth-order valence-corrected chi connectivity index (χ4v) is 4.92.